The van der Waals surface area contributed by atoms with Crippen LogP contribution in [0.25, 0.3) is 0 Å². The molecule has 0 heterocycles. The van der Waals surface area contributed by atoms with E-state index in [0.717, 1.165) is 17.9 Å². The van der Waals surface area contributed by atoms with E-state index < -0.39 is 0 Å². The van der Waals surface area contributed by atoms with Crippen molar-refractivity contribution in [2.75, 3.05) is 20.1 Å². The van der Waals surface area contributed by atoms with Crippen LogP contribution in [0.2, 0.25) is 0 Å². The van der Waals surface area contributed by atoms with Crippen LogP contribution >= 0.6 is 0 Å². The molecule has 0 radical (unpaired) electrons. The monoisotopic (exact) mass is 282 g/mol. The van der Waals surface area contributed by atoms with Crippen molar-refractivity contribution in [2.45, 2.75) is 84.7 Å². The smallest absolute Gasteiger partial charge is 0.0107 e. The number of hydrogen-bond donors (Lipinski definition) is 1. The summed E-state index contributed by atoms with van der Waals surface area (Å²) in [7, 11) is 2.33. The minimum absolute atomic E-state index is 0.713. The predicted octanol–water partition coefficient (Wildman–Crippen LogP) is 4.30. The molecule has 1 aliphatic rings. The van der Waals surface area contributed by atoms with Crippen molar-refractivity contribution in [3.05, 3.63) is 0 Å². The van der Waals surface area contributed by atoms with Crippen molar-refractivity contribution < 1.29 is 0 Å². The number of nitrogens with zero attached hydrogens (tertiary/aromatic N) is 1. The number of nitrogens with one attached hydrogen (secondary N) is 1. The molecule has 0 saturated heterocycles. The Kier molecular flexibility index (Phi) is 8.79. The third kappa shape index (κ3) is 6.58. The van der Waals surface area contributed by atoms with Crippen LogP contribution in [0, 0.1) is 11.8 Å². The molecule has 3 atom stereocenters. The van der Waals surface area contributed by atoms with Crippen molar-refractivity contribution in [1.29, 1.82) is 0 Å². The fourth-order valence-corrected chi connectivity index (χ4v) is 3.61. The highest BCUT2D eigenvalue weighted by atomic mass is 15.1. The lowest BCUT2D eigenvalue weighted by Crippen LogP contribution is -2.43. The fraction of sp³-hybridized carbons (Fsp3) is 1.00. The Labute approximate surface area is 127 Å². The zero-order valence-corrected chi connectivity index (χ0v) is 14.6. The average Bonchev–Trinajstić information content (AvgIpc) is 2.61. The van der Waals surface area contributed by atoms with E-state index in [0.29, 0.717) is 6.04 Å². The van der Waals surface area contributed by atoms with Gasteiger partial charge in [-0.3, -0.25) is 0 Å². The third-order valence-electron chi connectivity index (χ3n) is 4.90. The van der Waals surface area contributed by atoms with E-state index in [1.165, 1.54) is 58.0 Å². The SMILES string of the molecule is CCCNC1CCCCCC1CN(C)C(C)CC(C)C. The summed E-state index contributed by atoms with van der Waals surface area (Å²) in [5.41, 5.74) is 0. The van der Waals surface area contributed by atoms with Gasteiger partial charge in [0, 0.05) is 18.6 Å². The molecule has 0 aliphatic heterocycles. The van der Waals surface area contributed by atoms with Crippen LogP contribution in [0.5, 0.6) is 0 Å². The summed E-state index contributed by atoms with van der Waals surface area (Å²) >= 11 is 0. The maximum Gasteiger partial charge on any atom is 0.0107 e. The Morgan fingerprint density at radius 1 is 1.10 bits per heavy atom. The third-order valence-corrected chi connectivity index (χ3v) is 4.90. The van der Waals surface area contributed by atoms with Crippen LogP contribution in [-0.4, -0.2) is 37.1 Å². The summed E-state index contributed by atoms with van der Waals surface area (Å²) in [6.45, 7) is 11.8. The molecule has 0 bridgehead atoms. The first-order valence-corrected chi connectivity index (χ1v) is 8.98. The van der Waals surface area contributed by atoms with Crippen LogP contribution < -0.4 is 5.32 Å². The van der Waals surface area contributed by atoms with Gasteiger partial charge in [-0.2, -0.15) is 0 Å². The number of hydrogen-bond acceptors (Lipinski definition) is 2. The lowest BCUT2D eigenvalue weighted by molar-refractivity contribution is 0.169. The normalized spacial score (nSPS) is 25.9. The van der Waals surface area contributed by atoms with E-state index in [2.05, 4.69) is 45.0 Å². The van der Waals surface area contributed by atoms with Gasteiger partial charge in [-0.15, -0.1) is 0 Å². The molecule has 1 fully saturated rings. The van der Waals surface area contributed by atoms with Gasteiger partial charge in [0.1, 0.15) is 0 Å². The molecule has 1 N–H and O–H groups in total. The van der Waals surface area contributed by atoms with E-state index in [1.807, 2.05) is 0 Å². The molecule has 120 valence electrons. The Balaban J connectivity index is 2.50. The molecule has 2 nitrogen and oxygen atoms in total. The molecule has 0 spiro atoms. The summed E-state index contributed by atoms with van der Waals surface area (Å²) in [5, 5.41) is 3.82. The van der Waals surface area contributed by atoms with Crippen LogP contribution in [0.4, 0.5) is 0 Å². The molecule has 1 saturated carbocycles. The second kappa shape index (κ2) is 9.78. The highest BCUT2D eigenvalue weighted by Gasteiger charge is 2.25. The van der Waals surface area contributed by atoms with Gasteiger partial charge < -0.3 is 10.2 Å². The quantitative estimate of drug-likeness (QED) is 0.668. The Morgan fingerprint density at radius 2 is 1.80 bits per heavy atom. The van der Waals surface area contributed by atoms with E-state index >= 15 is 0 Å². The molecule has 0 amide bonds. The lowest BCUT2D eigenvalue weighted by Gasteiger charge is -2.33. The molecule has 20 heavy (non-hydrogen) atoms. The van der Waals surface area contributed by atoms with Crippen molar-refractivity contribution >= 4 is 0 Å². The van der Waals surface area contributed by atoms with Crippen molar-refractivity contribution in [3.8, 4) is 0 Å². The Morgan fingerprint density at radius 3 is 2.45 bits per heavy atom. The van der Waals surface area contributed by atoms with Gasteiger partial charge in [0.05, 0.1) is 0 Å². The van der Waals surface area contributed by atoms with Crippen LogP contribution in [0.3, 0.4) is 0 Å². The largest absolute Gasteiger partial charge is 0.314 e. The van der Waals surface area contributed by atoms with Gasteiger partial charge in [-0.25, -0.2) is 0 Å². The first-order chi connectivity index (χ1) is 9.54. The standard InChI is InChI=1S/C18H38N2/c1-6-12-19-18-11-9-7-8-10-17(18)14-20(5)16(4)13-15(2)3/h15-19H,6-14H2,1-5H3. The van der Waals surface area contributed by atoms with Gasteiger partial charge in [0.25, 0.3) is 0 Å². The van der Waals surface area contributed by atoms with Gasteiger partial charge in [0.2, 0.25) is 0 Å². The summed E-state index contributed by atoms with van der Waals surface area (Å²) in [5.74, 6) is 1.65. The van der Waals surface area contributed by atoms with E-state index in [-0.39, 0.29) is 0 Å². The fourth-order valence-electron chi connectivity index (χ4n) is 3.61. The molecule has 1 rings (SSSR count). The Hall–Kier alpha value is -0.0800. The first kappa shape index (κ1) is 18.0. The molecule has 0 aromatic heterocycles. The minimum atomic E-state index is 0.713. The van der Waals surface area contributed by atoms with Crippen LogP contribution in [0.1, 0.15) is 72.6 Å². The average molecular weight is 283 g/mol. The molecule has 0 aromatic carbocycles. The summed E-state index contributed by atoms with van der Waals surface area (Å²) in [6, 6.07) is 1.47. The van der Waals surface area contributed by atoms with Crippen molar-refractivity contribution in [1.82, 2.24) is 10.2 Å². The van der Waals surface area contributed by atoms with Crippen LogP contribution in [0.15, 0.2) is 0 Å². The maximum absolute atomic E-state index is 3.82. The van der Waals surface area contributed by atoms with Gasteiger partial charge in [0.15, 0.2) is 0 Å². The molecule has 1 aliphatic carbocycles. The van der Waals surface area contributed by atoms with Gasteiger partial charge in [-0.05, 0) is 58.0 Å². The zero-order chi connectivity index (χ0) is 15.0. The van der Waals surface area contributed by atoms with Crippen LogP contribution in [-0.2, 0) is 0 Å². The second-order valence-corrected chi connectivity index (χ2v) is 7.38. The molecule has 0 aromatic rings. The summed E-state index contributed by atoms with van der Waals surface area (Å²) in [4.78, 5) is 2.61. The topological polar surface area (TPSA) is 15.3 Å². The van der Waals surface area contributed by atoms with E-state index in [1.54, 1.807) is 0 Å². The second-order valence-electron chi connectivity index (χ2n) is 7.38. The highest BCUT2D eigenvalue weighted by Crippen LogP contribution is 2.25. The van der Waals surface area contributed by atoms with Gasteiger partial charge in [-0.1, -0.05) is 40.0 Å². The summed E-state index contributed by atoms with van der Waals surface area (Å²) < 4.78 is 0. The molecular weight excluding hydrogens is 244 g/mol. The van der Waals surface area contributed by atoms with Crippen molar-refractivity contribution in [2.24, 2.45) is 11.8 Å². The predicted molar refractivity (Wildman–Crippen MR) is 90.2 cm³/mol. The number of rotatable bonds is 8. The highest BCUT2D eigenvalue weighted by molar-refractivity contribution is 4.82. The first-order valence-electron chi connectivity index (χ1n) is 8.98. The lowest BCUT2D eigenvalue weighted by atomic mass is 9.93. The van der Waals surface area contributed by atoms with Crippen molar-refractivity contribution in [3.63, 3.8) is 0 Å². The maximum atomic E-state index is 3.82. The molecule has 2 heteroatoms. The molecular formula is C18H38N2. The minimum Gasteiger partial charge on any atom is -0.314 e. The summed E-state index contributed by atoms with van der Waals surface area (Å²) in [6.07, 6.45) is 9.66. The van der Waals surface area contributed by atoms with E-state index in [4.69, 9.17) is 0 Å². The Bertz CT molecular complexity index is 240. The molecule has 3 unspecified atom stereocenters. The van der Waals surface area contributed by atoms with Gasteiger partial charge >= 0.3 is 0 Å². The zero-order valence-electron chi connectivity index (χ0n) is 14.6. The van der Waals surface area contributed by atoms with E-state index in [9.17, 15) is 0 Å².